The second-order valence-electron chi connectivity index (χ2n) is 8.00. The molecule has 3 aromatic rings. The minimum atomic E-state index is -0.124. The quantitative estimate of drug-likeness (QED) is 0.583. The summed E-state index contributed by atoms with van der Waals surface area (Å²) in [4.78, 5) is 17.0. The number of carbonyl (C=O) groups is 1. The van der Waals surface area contributed by atoms with Gasteiger partial charge in [0.2, 0.25) is 0 Å². The molecular weight excluding hydrogens is 362 g/mol. The zero-order valence-corrected chi connectivity index (χ0v) is 17.0. The number of anilines is 1. The molecule has 0 spiro atoms. The van der Waals surface area contributed by atoms with Crippen molar-refractivity contribution in [3.63, 3.8) is 0 Å². The van der Waals surface area contributed by atoms with Crippen LogP contribution in [0.15, 0.2) is 60.9 Å². The van der Waals surface area contributed by atoms with Gasteiger partial charge in [0.25, 0.3) is 5.91 Å². The van der Waals surface area contributed by atoms with Crippen LogP contribution in [0.4, 0.5) is 5.69 Å². The molecule has 29 heavy (non-hydrogen) atoms. The molecule has 1 saturated carbocycles. The Kier molecular flexibility index (Phi) is 5.65. The van der Waals surface area contributed by atoms with Crippen LogP contribution in [0.1, 0.15) is 54.4 Å². The molecule has 0 bridgehead atoms. The summed E-state index contributed by atoms with van der Waals surface area (Å²) < 4.78 is 7.88. The first-order valence-corrected chi connectivity index (χ1v) is 10.2. The maximum atomic E-state index is 12.6. The van der Waals surface area contributed by atoms with Gasteiger partial charge in [-0.05, 0) is 60.7 Å². The lowest BCUT2D eigenvalue weighted by Gasteiger charge is -2.12. The number of hydrogen-bond acceptors (Lipinski definition) is 3. The van der Waals surface area contributed by atoms with Gasteiger partial charge < -0.3 is 14.6 Å². The van der Waals surface area contributed by atoms with E-state index in [1.165, 1.54) is 12.8 Å². The van der Waals surface area contributed by atoms with E-state index < -0.39 is 0 Å². The molecule has 1 N–H and O–H groups in total. The summed E-state index contributed by atoms with van der Waals surface area (Å²) in [5.41, 5.74) is 2.52. The third-order valence-corrected chi connectivity index (χ3v) is 5.10. The fraction of sp³-hybridized carbons (Fsp3) is 0.333. The number of benzene rings is 2. The van der Waals surface area contributed by atoms with Crippen LogP contribution in [-0.4, -0.2) is 22.1 Å². The average Bonchev–Trinajstić information content (AvgIpc) is 3.43. The Balaban J connectivity index is 1.39. The predicted octanol–water partition coefficient (Wildman–Crippen LogP) is 5.10. The molecule has 1 aromatic heterocycles. The molecule has 1 aliphatic rings. The highest BCUT2D eigenvalue weighted by molar-refractivity contribution is 6.04. The zero-order chi connectivity index (χ0) is 20.2. The molecule has 1 fully saturated rings. The third-order valence-electron chi connectivity index (χ3n) is 5.10. The van der Waals surface area contributed by atoms with Gasteiger partial charge >= 0.3 is 0 Å². The van der Waals surface area contributed by atoms with Crippen LogP contribution in [0.25, 0.3) is 0 Å². The number of rotatable bonds is 8. The normalized spacial score (nSPS) is 13.5. The maximum absolute atomic E-state index is 12.6. The van der Waals surface area contributed by atoms with Gasteiger partial charge in [0.05, 0.1) is 6.61 Å². The Hall–Kier alpha value is -3.08. The molecule has 0 saturated heterocycles. The van der Waals surface area contributed by atoms with Crippen LogP contribution in [0.3, 0.4) is 0 Å². The van der Waals surface area contributed by atoms with Crippen molar-refractivity contribution < 1.29 is 9.53 Å². The Morgan fingerprint density at radius 1 is 1.21 bits per heavy atom. The highest BCUT2D eigenvalue weighted by atomic mass is 16.5. The van der Waals surface area contributed by atoms with Gasteiger partial charge in [0, 0.05) is 36.1 Å². The van der Waals surface area contributed by atoms with E-state index >= 15 is 0 Å². The third kappa shape index (κ3) is 5.05. The van der Waals surface area contributed by atoms with E-state index in [1.54, 1.807) is 0 Å². The SMILES string of the molecule is CC(C)c1nccn1Cc1cccc(NC(=O)c2ccc(OCC3CC3)cc2)c1. The van der Waals surface area contributed by atoms with Crippen molar-refractivity contribution in [3.8, 4) is 5.75 Å². The van der Waals surface area contributed by atoms with Crippen molar-refractivity contribution in [2.75, 3.05) is 11.9 Å². The van der Waals surface area contributed by atoms with Crippen LogP contribution in [0.5, 0.6) is 5.75 Å². The first kappa shape index (κ1) is 19.2. The number of nitrogens with one attached hydrogen (secondary N) is 1. The molecule has 0 unspecified atom stereocenters. The number of amides is 1. The molecule has 0 atom stereocenters. The van der Waals surface area contributed by atoms with Crippen LogP contribution in [0.2, 0.25) is 0 Å². The summed E-state index contributed by atoms with van der Waals surface area (Å²) in [5, 5.41) is 2.99. The number of hydrogen-bond donors (Lipinski definition) is 1. The predicted molar refractivity (Wildman–Crippen MR) is 114 cm³/mol. The smallest absolute Gasteiger partial charge is 0.255 e. The van der Waals surface area contributed by atoms with Crippen LogP contribution in [-0.2, 0) is 6.54 Å². The Morgan fingerprint density at radius 2 is 2.00 bits per heavy atom. The fourth-order valence-corrected chi connectivity index (χ4v) is 3.30. The van der Waals surface area contributed by atoms with E-state index in [0.29, 0.717) is 17.4 Å². The number of imidazole rings is 1. The molecular formula is C24H27N3O2. The molecule has 5 nitrogen and oxygen atoms in total. The van der Waals surface area contributed by atoms with E-state index in [-0.39, 0.29) is 5.91 Å². The van der Waals surface area contributed by atoms with E-state index in [2.05, 4.69) is 34.8 Å². The molecule has 1 heterocycles. The van der Waals surface area contributed by atoms with E-state index in [1.807, 2.05) is 54.9 Å². The maximum Gasteiger partial charge on any atom is 0.255 e. The van der Waals surface area contributed by atoms with Gasteiger partial charge in [-0.2, -0.15) is 0 Å². The van der Waals surface area contributed by atoms with Crippen molar-refractivity contribution in [1.82, 2.24) is 9.55 Å². The largest absolute Gasteiger partial charge is 0.493 e. The number of aromatic nitrogens is 2. The van der Waals surface area contributed by atoms with Crippen molar-refractivity contribution in [1.29, 1.82) is 0 Å². The van der Waals surface area contributed by atoms with Crippen LogP contribution in [0, 0.1) is 5.92 Å². The van der Waals surface area contributed by atoms with Crippen molar-refractivity contribution >= 4 is 11.6 Å². The molecule has 2 aromatic carbocycles. The zero-order valence-electron chi connectivity index (χ0n) is 17.0. The van der Waals surface area contributed by atoms with Gasteiger partial charge in [-0.15, -0.1) is 0 Å². The Bertz CT molecular complexity index is 972. The first-order chi connectivity index (χ1) is 14.1. The summed E-state index contributed by atoms with van der Waals surface area (Å²) >= 11 is 0. The highest BCUT2D eigenvalue weighted by Crippen LogP contribution is 2.29. The molecule has 5 heteroatoms. The minimum Gasteiger partial charge on any atom is -0.493 e. The second-order valence-corrected chi connectivity index (χ2v) is 8.00. The summed E-state index contributed by atoms with van der Waals surface area (Å²) in [7, 11) is 0. The standard InChI is InChI=1S/C24H27N3O2/c1-17(2)23-25-12-13-27(23)15-19-4-3-5-21(14-19)26-24(28)20-8-10-22(11-9-20)29-16-18-6-7-18/h3-5,8-14,17-18H,6-7,15-16H2,1-2H3,(H,26,28). The minimum absolute atomic E-state index is 0.124. The van der Waals surface area contributed by atoms with E-state index in [4.69, 9.17) is 4.74 Å². The monoisotopic (exact) mass is 389 g/mol. The van der Waals surface area contributed by atoms with Crippen molar-refractivity contribution in [2.24, 2.45) is 5.92 Å². The number of ether oxygens (including phenoxy) is 1. The summed E-state index contributed by atoms with van der Waals surface area (Å²) in [5.74, 6) is 2.83. The van der Waals surface area contributed by atoms with Gasteiger partial charge in [-0.1, -0.05) is 26.0 Å². The van der Waals surface area contributed by atoms with Gasteiger partial charge in [0.1, 0.15) is 11.6 Å². The van der Waals surface area contributed by atoms with Crippen molar-refractivity contribution in [2.45, 2.75) is 39.2 Å². The van der Waals surface area contributed by atoms with E-state index in [9.17, 15) is 4.79 Å². The van der Waals surface area contributed by atoms with Gasteiger partial charge in [-0.25, -0.2) is 4.98 Å². The summed E-state index contributed by atoms with van der Waals surface area (Å²) in [6.45, 7) is 5.77. The number of nitrogens with zero attached hydrogens (tertiary/aromatic N) is 2. The second kappa shape index (κ2) is 8.52. The lowest BCUT2D eigenvalue weighted by atomic mass is 10.1. The van der Waals surface area contributed by atoms with Crippen LogP contribution >= 0.6 is 0 Å². The molecule has 150 valence electrons. The Morgan fingerprint density at radius 3 is 2.72 bits per heavy atom. The topological polar surface area (TPSA) is 56.2 Å². The Labute approximate surface area is 171 Å². The van der Waals surface area contributed by atoms with Gasteiger partial charge in [-0.3, -0.25) is 4.79 Å². The summed E-state index contributed by atoms with van der Waals surface area (Å²) in [6, 6.07) is 15.3. The lowest BCUT2D eigenvalue weighted by Crippen LogP contribution is -2.12. The summed E-state index contributed by atoms with van der Waals surface area (Å²) in [6.07, 6.45) is 6.35. The fourth-order valence-electron chi connectivity index (χ4n) is 3.30. The first-order valence-electron chi connectivity index (χ1n) is 10.2. The number of carbonyl (C=O) groups excluding carboxylic acids is 1. The molecule has 1 amide bonds. The molecule has 4 rings (SSSR count). The van der Waals surface area contributed by atoms with Crippen molar-refractivity contribution in [3.05, 3.63) is 77.9 Å². The molecule has 0 aliphatic heterocycles. The van der Waals surface area contributed by atoms with E-state index in [0.717, 1.165) is 36.0 Å². The van der Waals surface area contributed by atoms with Crippen LogP contribution < -0.4 is 10.1 Å². The lowest BCUT2D eigenvalue weighted by molar-refractivity contribution is 0.102. The molecule has 0 radical (unpaired) electrons. The molecule has 1 aliphatic carbocycles. The van der Waals surface area contributed by atoms with Gasteiger partial charge in [0.15, 0.2) is 0 Å². The highest BCUT2D eigenvalue weighted by Gasteiger charge is 2.21. The average molecular weight is 389 g/mol.